The highest BCUT2D eigenvalue weighted by atomic mass is 15.0. The van der Waals surface area contributed by atoms with E-state index in [4.69, 9.17) is 0 Å². The topological polar surface area (TPSA) is 3.88 Å². The van der Waals surface area contributed by atoms with Gasteiger partial charge >= 0.3 is 0 Å². The first-order chi connectivity index (χ1) is 10.8. The fourth-order valence-corrected chi connectivity index (χ4v) is 3.31. The van der Waals surface area contributed by atoms with E-state index in [9.17, 15) is 0 Å². The molecule has 4 rings (SSSR count). The van der Waals surface area contributed by atoms with Gasteiger partial charge in [-0.3, -0.25) is 0 Å². The van der Waals surface area contributed by atoms with E-state index in [1.54, 1.807) is 0 Å². The lowest BCUT2D eigenvalue weighted by molar-refractivity contribution is -0.601. The predicted octanol–water partition coefficient (Wildman–Crippen LogP) is 4.89. The Morgan fingerprint density at radius 3 is 2.05 bits per heavy atom. The van der Waals surface area contributed by atoms with Gasteiger partial charge in [-0.15, -0.1) is 0 Å². The molecule has 0 aliphatic carbocycles. The van der Waals surface area contributed by atoms with Gasteiger partial charge in [0.1, 0.15) is 0 Å². The number of rotatable bonds is 1. The minimum Gasteiger partial charge on any atom is -0.164 e. The lowest BCUT2D eigenvalue weighted by atomic mass is 10.0. The zero-order valence-corrected chi connectivity index (χ0v) is 12.9. The third kappa shape index (κ3) is 1.90. The second-order valence-corrected chi connectivity index (χ2v) is 5.79. The van der Waals surface area contributed by atoms with Crippen molar-refractivity contribution in [3.63, 3.8) is 0 Å². The van der Waals surface area contributed by atoms with Crippen molar-refractivity contribution in [1.82, 2.24) is 0 Å². The van der Waals surface area contributed by atoms with Crippen molar-refractivity contribution in [2.24, 2.45) is 0 Å². The highest BCUT2D eigenvalue weighted by molar-refractivity contribution is 5.88. The Kier molecular flexibility index (Phi) is 2.93. The van der Waals surface area contributed by atoms with Crippen molar-refractivity contribution < 1.29 is 4.57 Å². The summed E-state index contributed by atoms with van der Waals surface area (Å²) in [4.78, 5) is 0. The lowest BCUT2D eigenvalue weighted by Gasteiger charge is -2.08. The highest BCUT2D eigenvalue weighted by Gasteiger charge is 2.17. The molecule has 106 valence electrons. The molecule has 1 heterocycles. The predicted molar refractivity (Wildman–Crippen MR) is 92.5 cm³/mol. The Labute approximate surface area is 130 Å². The van der Waals surface area contributed by atoms with Crippen LogP contribution in [-0.4, -0.2) is 0 Å². The average Bonchev–Trinajstić information content (AvgIpc) is 2.57. The van der Waals surface area contributed by atoms with Gasteiger partial charge in [-0.25, -0.2) is 0 Å². The molecule has 0 spiro atoms. The van der Waals surface area contributed by atoms with Gasteiger partial charge in [0.25, 0.3) is 0 Å². The van der Waals surface area contributed by atoms with Crippen LogP contribution >= 0.6 is 0 Å². The summed E-state index contributed by atoms with van der Waals surface area (Å²) in [5, 5.41) is 5.20. The van der Waals surface area contributed by atoms with E-state index in [2.05, 4.69) is 91.3 Å². The van der Waals surface area contributed by atoms with E-state index in [0.717, 1.165) is 0 Å². The average molecular weight is 284 g/mol. The van der Waals surface area contributed by atoms with Crippen molar-refractivity contribution in [3.8, 4) is 5.69 Å². The van der Waals surface area contributed by atoms with E-state index in [0.29, 0.717) is 0 Å². The monoisotopic (exact) mass is 284 g/mol. The normalized spacial score (nSPS) is 11.2. The minimum absolute atomic E-state index is 1.25. The molecule has 0 bridgehead atoms. The molecule has 22 heavy (non-hydrogen) atoms. The molecule has 1 heteroatoms. The first-order valence-electron chi connectivity index (χ1n) is 7.64. The maximum absolute atomic E-state index is 2.30. The first-order valence-corrected chi connectivity index (χ1v) is 7.64. The molecule has 0 amide bonds. The van der Waals surface area contributed by atoms with E-state index in [1.165, 1.54) is 38.5 Å². The van der Waals surface area contributed by atoms with E-state index in [-0.39, 0.29) is 0 Å². The number of pyridine rings is 1. The largest absolute Gasteiger partial charge is 0.214 e. The Balaban J connectivity index is 2.03. The van der Waals surface area contributed by atoms with Gasteiger partial charge in [-0.2, -0.15) is 4.57 Å². The molecule has 0 aliphatic rings. The number of hydrogen-bond donors (Lipinski definition) is 0. The molecular formula is C21H18N+. The molecule has 0 N–H and O–H groups in total. The molecule has 1 nitrogen and oxygen atoms in total. The van der Waals surface area contributed by atoms with Crippen LogP contribution in [-0.2, 0) is 0 Å². The van der Waals surface area contributed by atoms with E-state index < -0.39 is 0 Å². The standard InChI is InChI=1S/C21H18N/c1-15-19-9-5-3-7-17(19)11-12-21(15)22-14-13-18-8-4-6-10-20(18)16(22)2/h3-14H,1-2H3/q+1. The first kappa shape index (κ1) is 13.0. The number of benzene rings is 3. The molecule has 0 aliphatic heterocycles. The molecule has 1 aromatic heterocycles. The van der Waals surface area contributed by atoms with Crippen LogP contribution in [0.4, 0.5) is 0 Å². The van der Waals surface area contributed by atoms with Crippen LogP contribution in [0.1, 0.15) is 11.3 Å². The third-order valence-corrected chi connectivity index (χ3v) is 4.54. The summed E-state index contributed by atoms with van der Waals surface area (Å²) >= 11 is 0. The van der Waals surface area contributed by atoms with Gasteiger partial charge in [0, 0.05) is 30.0 Å². The second kappa shape index (κ2) is 4.96. The summed E-state index contributed by atoms with van der Waals surface area (Å²) in [6, 6.07) is 23.7. The van der Waals surface area contributed by atoms with Crippen molar-refractivity contribution in [2.45, 2.75) is 13.8 Å². The molecule has 0 saturated carbocycles. The Bertz CT molecular complexity index is 916. The molecule has 3 aromatic carbocycles. The Morgan fingerprint density at radius 1 is 0.636 bits per heavy atom. The fraction of sp³-hybridized carbons (Fsp3) is 0.0952. The fourth-order valence-electron chi connectivity index (χ4n) is 3.31. The smallest absolute Gasteiger partial charge is 0.164 e. The lowest BCUT2D eigenvalue weighted by Crippen LogP contribution is -2.34. The van der Waals surface area contributed by atoms with E-state index in [1.807, 2.05) is 0 Å². The number of hydrogen-bond acceptors (Lipinski definition) is 0. The SMILES string of the molecule is Cc1c(-[n+]2ccc3ccccc3c2C)ccc2ccccc12. The van der Waals surface area contributed by atoms with Gasteiger partial charge in [0.15, 0.2) is 11.9 Å². The molecule has 0 unspecified atom stereocenters. The molecule has 0 radical (unpaired) electrons. The Hall–Kier alpha value is -2.67. The number of fused-ring (bicyclic) bond motifs is 2. The van der Waals surface area contributed by atoms with Gasteiger partial charge < -0.3 is 0 Å². The van der Waals surface area contributed by atoms with Crippen LogP contribution in [0.3, 0.4) is 0 Å². The number of aryl methyl sites for hydroxylation is 2. The van der Waals surface area contributed by atoms with Crippen LogP contribution in [0.2, 0.25) is 0 Å². The summed E-state index contributed by atoms with van der Waals surface area (Å²) in [6.45, 7) is 4.40. The van der Waals surface area contributed by atoms with Crippen LogP contribution in [0.5, 0.6) is 0 Å². The summed E-state index contributed by atoms with van der Waals surface area (Å²) in [7, 11) is 0. The van der Waals surface area contributed by atoms with Gasteiger partial charge in [-0.1, -0.05) is 42.5 Å². The van der Waals surface area contributed by atoms with Crippen LogP contribution in [0, 0.1) is 13.8 Å². The second-order valence-electron chi connectivity index (χ2n) is 5.79. The van der Waals surface area contributed by atoms with Gasteiger partial charge in [-0.05, 0) is 35.2 Å². The van der Waals surface area contributed by atoms with Crippen molar-refractivity contribution in [1.29, 1.82) is 0 Å². The van der Waals surface area contributed by atoms with Gasteiger partial charge in [0.2, 0.25) is 5.69 Å². The number of aromatic nitrogens is 1. The minimum atomic E-state index is 1.25. The molecular weight excluding hydrogens is 266 g/mol. The summed E-state index contributed by atoms with van der Waals surface area (Å²) in [6.07, 6.45) is 2.18. The maximum atomic E-state index is 2.30. The van der Waals surface area contributed by atoms with Crippen LogP contribution in [0.15, 0.2) is 72.9 Å². The van der Waals surface area contributed by atoms with Crippen molar-refractivity contribution in [3.05, 3.63) is 84.2 Å². The molecule has 0 fully saturated rings. The number of nitrogens with zero attached hydrogens (tertiary/aromatic N) is 1. The molecule has 0 atom stereocenters. The van der Waals surface area contributed by atoms with Crippen molar-refractivity contribution >= 4 is 21.5 Å². The van der Waals surface area contributed by atoms with Crippen LogP contribution in [0.25, 0.3) is 27.2 Å². The molecule has 0 saturated heterocycles. The van der Waals surface area contributed by atoms with Crippen molar-refractivity contribution in [2.75, 3.05) is 0 Å². The summed E-state index contributed by atoms with van der Waals surface area (Å²) in [5.74, 6) is 0. The van der Waals surface area contributed by atoms with E-state index >= 15 is 0 Å². The molecule has 4 aromatic rings. The third-order valence-electron chi connectivity index (χ3n) is 4.54. The zero-order chi connectivity index (χ0) is 15.1. The summed E-state index contributed by atoms with van der Waals surface area (Å²) < 4.78 is 2.30. The maximum Gasteiger partial charge on any atom is 0.214 e. The van der Waals surface area contributed by atoms with Gasteiger partial charge in [0.05, 0.1) is 0 Å². The Morgan fingerprint density at radius 2 is 1.27 bits per heavy atom. The quantitative estimate of drug-likeness (QED) is 0.438. The zero-order valence-electron chi connectivity index (χ0n) is 12.9. The van der Waals surface area contributed by atoms with Crippen LogP contribution < -0.4 is 4.57 Å². The summed E-state index contributed by atoms with van der Waals surface area (Å²) in [5.41, 5.74) is 3.85. The highest BCUT2D eigenvalue weighted by Crippen LogP contribution is 2.23.